The Hall–Kier alpha value is -1.07. The first-order valence-electron chi connectivity index (χ1n) is 5.92. The predicted molar refractivity (Wildman–Crippen MR) is 73.7 cm³/mol. The highest BCUT2D eigenvalue weighted by molar-refractivity contribution is 9.10. The van der Waals surface area contributed by atoms with Crippen molar-refractivity contribution >= 4 is 21.8 Å². The highest BCUT2D eigenvalue weighted by Crippen LogP contribution is 2.43. The Labute approximate surface area is 115 Å². The van der Waals surface area contributed by atoms with Gasteiger partial charge in [0.05, 0.1) is 12.7 Å². The fourth-order valence-electron chi connectivity index (χ4n) is 1.85. The Morgan fingerprint density at radius 2 is 2.28 bits per heavy atom. The van der Waals surface area contributed by atoms with Crippen molar-refractivity contribution < 1.29 is 9.53 Å². The van der Waals surface area contributed by atoms with Crippen LogP contribution in [0.25, 0.3) is 0 Å². The number of nitrogens with one attached hydrogen (secondary N) is 1. The number of hydrogen-bond donors (Lipinski definition) is 2. The van der Waals surface area contributed by atoms with Gasteiger partial charge in [-0.2, -0.15) is 0 Å². The number of hydrogen-bond acceptors (Lipinski definition) is 3. The van der Waals surface area contributed by atoms with Gasteiger partial charge in [-0.1, -0.05) is 15.9 Å². The van der Waals surface area contributed by atoms with Crippen LogP contribution in [0, 0.1) is 5.41 Å². The van der Waals surface area contributed by atoms with E-state index in [-0.39, 0.29) is 11.3 Å². The molecule has 0 unspecified atom stereocenters. The van der Waals surface area contributed by atoms with E-state index in [1.165, 1.54) is 0 Å². The quantitative estimate of drug-likeness (QED) is 0.873. The maximum absolute atomic E-state index is 12.1. The molecule has 1 aliphatic rings. The Morgan fingerprint density at radius 1 is 1.56 bits per heavy atom. The zero-order valence-corrected chi connectivity index (χ0v) is 11.9. The number of carbonyl (C=O) groups is 1. The molecule has 0 atom stereocenters. The average molecular weight is 313 g/mol. The first kappa shape index (κ1) is 13.4. The maximum Gasteiger partial charge on any atom is 0.255 e. The average Bonchev–Trinajstić information content (AvgIpc) is 3.16. The molecule has 18 heavy (non-hydrogen) atoms. The van der Waals surface area contributed by atoms with Crippen molar-refractivity contribution in [3.63, 3.8) is 0 Å². The van der Waals surface area contributed by atoms with Crippen LogP contribution in [0.15, 0.2) is 22.7 Å². The molecule has 98 valence electrons. The molecule has 0 aliphatic heterocycles. The molecular weight excluding hydrogens is 296 g/mol. The first-order valence-corrected chi connectivity index (χ1v) is 6.71. The molecule has 1 aromatic rings. The Balaban J connectivity index is 2.06. The lowest BCUT2D eigenvalue weighted by molar-refractivity contribution is 0.0942. The molecule has 0 aromatic heterocycles. The van der Waals surface area contributed by atoms with E-state index in [1.807, 2.05) is 6.07 Å². The van der Waals surface area contributed by atoms with Gasteiger partial charge >= 0.3 is 0 Å². The van der Waals surface area contributed by atoms with Gasteiger partial charge in [-0.15, -0.1) is 0 Å². The number of methoxy groups -OCH3 is 1. The lowest BCUT2D eigenvalue weighted by atomic mass is 10.1. The molecule has 3 N–H and O–H groups in total. The molecule has 1 fully saturated rings. The molecule has 1 amide bonds. The van der Waals surface area contributed by atoms with Crippen LogP contribution in [0.1, 0.15) is 23.2 Å². The summed E-state index contributed by atoms with van der Waals surface area (Å²) in [6.07, 6.45) is 2.19. The van der Waals surface area contributed by atoms with E-state index in [0.717, 1.165) is 17.3 Å². The fraction of sp³-hybridized carbons (Fsp3) is 0.462. The predicted octanol–water partition coefficient (Wildman–Crippen LogP) is 1.93. The van der Waals surface area contributed by atoms with E-state index in [4.69, 9.17) is 10.5 Å². The Bertz CT molecular complexity index is 458. The summed E-state index contributed by atoms with van der Waals surface area (Å²) in [5, 5.41) is 2.93. The van der Waals surface area contributed by atoms with Crippen LogP contribution in [0.3, 0.4) is 0 Å². The van der Waals surface area contributed by atoms with E-state index < -0.39 is 0 Å². The van der Waals surface area contributed by atoms with Crippen LogP contribution in [0.4, 0.5) is 0 Å². The number of benzene rings is 1. The van der Waals surface area contributed by atoms with Gasteiger partial charge in [-0.25, -0.2) is 0 Å². The summed E-state index contributed by atoms with van der Waals surface area (Å²) < 4.78 is 6.04. The summed E-state index contributed by atoms with van der Waals surface area (Å²) in [6.45, 7) is 1.26. The summed E-state index contributed by atoms with van der Waals surface area (Å²) in [6, 6.07) is 5.38. The molecule has 1 aliphatic carbocycles. The van der Waals surface area contributed by atoms with E-state index in [1.54, 1.807) is 19.2 Å². The van der Waals surface area contributed by atoms with Crippen molar-refractivity contribution in [3.05, 3.63) is 28.2 Å². The van der Waals surface area contributed by atoms with Gasteiger partial charge in [0.2, 0.25) is 0 Å². The third-order valence-electron chi connectivity index (χ3n) is 3.42. The maximum atomic E-state index is 12.1. The minimum Gasteiger partial charge on any atom is -0.496 e. The lowest BCUT2D eigenvalue weighted by Crippen LogP contribution is -2.34. The van der Waals surface area contributed by atoms with Gasteiger partial charge in [-0.3, -0.25) is 4.79 Å². The zero-order chi connectivity index (χ0) is 13.2. The minimum atomic E-state index is -0.118. The third kappa shape index (κ3) is 2.84. The molecule has 5 heteroatoms. The van der Waals surface area contributed by atoms with Gasteiger partial charge in [0.1, 0.15) is 5.75 Å². The Kier molecular flexibility index (Phi) is 3.92. The molecule has 4 nitrogen and oxygen atoms in total. The Morgan fingerprint density at radius 3 is 2.83 bits per heavy atom. The van der Waals surface area contributed by atoms with Gasteiger partial charge in [0, 0.05) is 16.4 Å². The van der Waals surface area contributed by atoms with Crippen molar-refractivity contribution in [3.8, 4) is 5.75 Å². The highest BCUT2D eigenvalue weighted by atomic mass is 79.9. The largest absolute Gasteiger partial charge is 0.496 e. The minimum absolute atomic E-state index is 0.118. The van der Waals surface area contributed by atoms with Crippen molar-refractivity contribution in [1.29, 1.82) is 0 Å². The third-order valence-corrected chi connectivity index (χ3v) is 3.91. The number of nitrogens with two attached hydrogens (primary N) is 1. The molecule has 0 spiro atoms. The molecule has 1 aromatic carbocycles. The molecule has 0 saturated heterocycles. The lowest BCUT2D eigenvalue weighted by Gasteiger charge is -2.14. The van der Waals surface area contributed by atoms with Gasteiger partial charge in [-0.05, 0) is 37.6 Å². The topological polar surface area (TPSA) is 64.3 Å². The number of ether oxygens (including phenoxy) is 1. The van der Waals surface area contributed by atoms with E-state index in [2.05, 4.69) is 21.2 Å². The van der Waals surface area contributed by atoms with Crippen LogP contribution >= 0.6 is 15.9 Å². The monoisotopic (exact) mass is 312 g/mol. The first-order chi connectivity index (χ1) is 8.60. The highest BCUT2D eigenvalue weighted by Gasteiger charge is 2.41. The SMILES string of the molecule is COc1ccc(Br)cc1C(=O)NCC1(CN)CC1. The molecular formula is C13H17BrN2O2. The number of rotatable bonds is 5. The van der Waals surface area contributed by atoms with Crippen molar-refractivity contribution in [2.45, 2.75) is 12.8 Å². The summed E-state index contributed by atoms with van der Waals surface area (Å²) >= 11 is 3.35. The normalized spacial score (nSPS) is 16.2. The van der Waals surface area contributed by atoms with E-state index >= 15 is 0 Å². The van der Waals surface area contributed by atoms with Gasteiger partial charge < -0.3 is 15.8 Å². The van der Waals surface area contributed by atoms with Crippen molar-refractivity contribution in [2.75, 3.05) is 20.2 Å². The number of amides is 1. The fourth-order valence-corrected chi connectivity index (χ4v) is 2.21. The van der Waals surface area contributed by atoms with E-state index in [0.29, 0.717) is 24.4 Å². The van der Waals surface area contributed by atoms with Gasteiger partial charge in [0.25, 0.3) is 5.91 Å². The van der Waals surface area contributed by atoms with E-state index in [9.17, 15) is 4.79 Å². The summed E-state index contributed by atoms with van der Waals surface area (Å²) in [5.41, 5.74) is 6.37. The van der Waals surface area contributed by atoms with Crippen LogP contribution in [-0.2, 0) is 0 Å². The van der Waals surface area contributed by atoms with Crippen molar-refractivity contribution in [2.24, 2.45) is 11.1 Å². The second-order valence-corrected chi connectivity index (χ2v) is 5.65. The molecule has 2 rings (SSSR count). The van der Waals surface area contributed by atoms with Crippen LogP contribution in [0.2, 0.25) is 0 Å². The summed E-state index contributed by atoms with van der Waals surface area (Å²) in [4.78, 5) is 12.1. The van der Waals surface area contributed by atoms with Crippen molar-refractivity contribution in [1.82, 2.24) is 5.32 Å². The zero-order valence-electron chi connectivity index (χ0n) is 10.3. The summed E-state index contributed by atoms with van der Waals surface area (Å²) in [7, 11) is 1.56. The standard InChI is InChI=1S/C13H17BrN2O2/c1-18-11-3-2-9(14)6-10(11)12(17)16-8-13(7-15)4-5-13/h2-3,6H,4-5,7-8,15H2,1H3,(H,16,17). The number of halogens is 1. The van der Waals surface area contributed by atoms with Gasteiger partial charge in [0.15, 0.2) is 0 Å². The molecule has 1 saturated carbocycles. The second kappa shape index (κ2) is 5.28. The smallest absolute Gasteiger partial charge is 0.255 e. The van der Waals surface area contributed by atoms with Crippen LogP contribution in [0.5, 0.6) is 5.75 Å². The molecule has 0 radical (unpaired) electrons. The molecule has 0 bridgehead atoms. The summed E-state index contributed by atoms with van der Waals surface area (Å²) in [5.74, 6) is 0.459. The van der Waals surface area contributed by atoms with Crippen LogP contribution in [-0.4, -0.2) is 26.1 Å². The number of carbonyl (C=O) groups excluding carboxylic acids is 1. The van der Waals surface area contributed by atoms with Crippen LogP contribution < -0.4 is 15.8 Å². The second-order valence-electron chi connectivity index (χ2n) is 4.73. The molecule has 0 heterocycles.